The number of rotatable bonds is 6. The Kier molecular flexibility index (Phi) is 9.09. The number of ether oxygens (including phenoxy) is 1. The van der Waals surface area contributed by atoms with Gasteiger partial charge in [0, 0.05) is 29.2 Å². The molecule has 228 valence electrons. The number of nitrogens with one attached hydrogen (secondary N) is 1. The molecule has 12 heteroatoms. The van der Waals surface area contributed by atoms with Crippen LogP contribution in [0, 0.1) is 20.8 Å². The molecule has 0 atom stereocenters. The summed E-state index contributed by atoms with van der Waals surface area (Å²) < 4.78 is 42.6. The highest BCUT2D eigenvalue weighted by Crippen LogP contribution is 2.32. The van der Waals surface area contributed by atoms with Gasteiger partial charge in [0.05, 0.1) is 5.69 Å². The summed E-state index contributed by atoms with van der Waals surface area (Å²) in [6.45, 7) is 8.87. The number of nitrogens with zero attached hydrogens (tertiary/aromatic N) is 5. The first-order valence-corrected chi connectivity index (χ1v) is 14.9. The first kappa shape index (κ1) is 30.9. The van der Waals surface area contributed by atoms with E-state index < -0.39 is 12.4 Å². The van der Waals surface area contributed by atoms with E-state index in [-0.39, 0.29) is 5.75 Å². The number of amides is 2. The summed E-state index contributed by atoms with van der Waals surface area (Å²) in [5, 5.41) is 7.99. The number of urea groups is 1. The van der Waals surface area contributed by atoms with Crippen molar-refractivity contribution in [3.8, 4) is 22.8 Å². The van der Waals surface area contributed by atoms with Gasteiger partial charge in [-0.3, -0.25) is 0 Å². The van der Waals surface area contributed by atoms with Gasteiger partial charge < -0.3 is 15.0 Å². The van der Waals surface area contributed by atoms with Crippen LogP contribution >= 0.6 is 11.8 Å². The minimum Gasteiger partial charge on any atom is -0.406 e. The van der Waals surface area contributed by atoms with E-state index in [1.54, 1.807) is 18.7 Å². The van der Waals surface area contributed by atoms with Gasteiger partial charge in [-0.2, -0.15) is 4.99 Å². The molecular weight excluding hydrogens is 589 g/mol. The number of halogens is 3. The molecule has 1 fully saturated rings. The van der Waals surface area contributed by atoms with Crippen LogP contribution in [-0.2, 0) is 0 Å². The van der Waals surface area contributed by atoms with Gasteiger partial charge in [0.15, 0.2) is 11.0 Å². The van der Waals surface area contributed by atoms with Gasteiger partial charge in [-0.05, 0) is 81.1 Å². The lowest BCUT2D eigenvalue weighted by atomic mass is 10.0. The number of hydrogen-bond acceptors (Lipinski definition) is 5. The minimum atomic E-state index is -4.75. The van der Waals surface area contributed by atoms with Crippen LogP contribution in [0.25, 0.3) is 23.2 Å². The van der Waals surface area contributed by atoms with Gasteiger partial charge in [0.1, 0.15) is 12.1 Å². The lowest BCUT2D eigenvalue weighted by Crippen LogP contribution is -2.36. The van der Waals surface area contributed by atoms with Crippen molar-refractivity contribution in [1.82, 2.24) is 20.1 Å². The smallest absolute Gasteiger partial charge is 0.406 e. The van der Waals surface area contributed by atoms with Gasteiger partial charge in [-0.1, -0.05) is 53.7 Å². The van der Waals surface area contributed by atoms with Gasteiger partial charge in [-0.25, -0.2) is 14.5 Å². The largest absolute Gasteiger partial charge is 0.573 e. The molecule has 8 nitrogen and oxygen atoms in total. The third kappa shape index (κ3) is 7.67. The molecule has 0 bridgehead atoms. The molecule has 1 N–H and O–H groups in total. The number of carbonyl (C=O) groups is 1. The molecule has 44 heavy (non-hydrogen) atoms. The zero-order chi connectivity index (χ0) is 31.4. The molecule has 5 rings (SSSR count). The molecule has 1 aromatic heterocycles. The topological polar surface area (TPSA) is 84.6 Å². The quantitative estimate of drug-likeness (QED) is 0.237. The van der Waals surface area contributed by atoms with E-state index in [0.717, 1.165) is 46.7 Å². The van der Waals surface area contributed by atoms with Crippen molar-refractivity contribution in [3.05, 3.63) is 94.9 Å². The van der Waals surface area contributed by atoms with E-state index >= 15 is 0 Å². The molecule has 1 saturated heterocycles. The van der Waals surface area contributed by atoms with Gasteiger partial charge in [0.2, 0.25) is 0 Å². The number of aryl methyl sites for hydroxylation is 3. The number of anilines is 1. The van der Waals surface area contributed by atoms with E-state index in [1.807, 2.05) is 30.3 Å². The Labute approximate surface area is 257 Å². The number of aromatic nitrogens is 3. The highest BCUT2D eigenvalue weighted by atomic mass is 32.2. The molecule has 0 saturated carbocycles. The predicted octanol–water partition coefficient (Wildman–Crippen LogP) is 7.83. The van der Waals surface area contributed by atoms with Crippen molar-refractivity contribution in [2.45, 2.75) is 40.5 Å². The number of allylic oxidation sites excluding steroid dienone is 1. The van der Waals surface area contributed by atoms with Crippen LogP contribution in [0.5, 0.6) is 5.75 Å². The number of amidine groups is 1. The third-order valence-electron chi connectivity index (χ3n) is 6.77. The molecule has 1 aliphatic heterocycles. The second kappa shape index (κ2) is 13.0. The summed E-state index contributed by atoms with van der Waals surface area (Å²) >= 11 is 1.58. The van der Waals surface area contributed by atoms with E-state index in [2.05, 4.69) is 62.9 Å². The molecule has 1 aliphatic rings. The summed E-state index contributed by atoms with van der Waals surface area (Å²) in [4.78, 5) is 23.8. The number of hydrogen-bond donors (Lipinski definition) is 1. The number of benzene rings is 3. The first-order chi connectivity index (χ1) is 20.9. The summed E-state index contributed by atoms with van der Waals surface area (Å²) in [5.41, 5.74) is 7.42. The maximum absolute atomic E-state index is 12.9. The van der Waals surface area contributed by atoms with Crippen LogP contribution in [0.2, 0.25) is 0 Å². The average Bonchev–Trinajstić information content (AvgIpc) is 3.44. The molecule has 0 spiro atoms. The number of aliphatic imine (C=N–C) groups is 1. The van der Waals surface area contributed by atoms with Crippen LogP contribution in [0.4, 0.5) is 23.7 Å². The van der Waals surface area contributed by atoms with Crippen molar-refractivity contribution in [2.75, 3.05) is 17.2 Å². The monoisotopic (exact) mass is 620 g/mol. The Morgan fingerprint density at radius 3 is 2.39 bits per heavy atom. The summed E-state index contributed by atoms with van der Waals surface area (Å²) in [7, 11) is 0. The van der Waals surface area contributed by atoms with Crippen LogP contribution < -0.4 is 15.0 Å². The fourth-order valence-corrected chi connectivity index (χ4v) is 6.02. The van der Waals surface area contributed by atoms with E-state index in [0.29, 0.717) is 22.4 Å². The molecule has 0 radical (unpaired) electrons. The zero-order valence-electron chi connectivity index (χ0n) is 24.6. The van der Waals surface area contributed by atoms with Crippen molar-refractivity contribution in [2.24, 2.45) is 4.99 Å². The van der Waals surface area contributed by atoms with Crippen LogP contribution in [-0.4, -0.2) is 44.6 Å². The van der Waals surface area contributed by atoms with E-state index in [1.165, 1.54) is 40.8 Å². The van der Waals surface area contributed by atoms with E-state index in [9.17, 15) is 18.0 Å². The molecule has 0 aliphatic carbocycles. The maximum atomic E-state index is 12.9. The Bertz CT molecular complexity index is 1690. The molecule has 2 amide bonds. The third-order valence-corrected chi connectivity index (χ3v) is 7.84. The van der Waals surface area contributed by atoms with Gasteiger partial charge >= 0.3 is 12.4 Å². The lowest BCUT2D eigenvalue weighted by molar-refractivity contribution is -0.274. The molecule has 0 unspecified atom stereocenters. The maximum Gasteiger partial charge on any atom is 0.573 e. The number of carbonyl (C=O) groups excluding carboxylic acids is 1. The van der Waals surface area contributed by atoms with Crippen LogP contribution in [0.3, 0.4) is 0 Å². The van der Waals surface area contributed by atoms with Crippen molar-refractivity contribution < 1.29 is 22.7 Å². The van der Waals surface area contributed by atoms with Crippen LogP contribution in [0.15, 0.2) is 77.7 Å². The number of thioether (sulfide) groups is 1. The summed E-state index contributed by atoms with van der Waals surface area (Å²) in [5.74, 6) is 1.04. The van der Waals surface area contributed by atoms with Crippen molar-refractivity contribution in [1.29, 1.82) is 0 Å². The Morgan fingerprint density at radius 2 is 1.73 bits per heavy atom. The van der Waals surface area contributed by atoms with Gasteiger partial charge in [-0.15, -0.1) is 18.3 Å². The Balaban J connectivity index is 1.24. The van der Waals surface area contributed by atoms with E-state index in [4.69, 9.17) is 0 Å². The molecule has 4 aromatic rings. The second-order valence-electron chi connectivity index (χ2n) is 10.4. The van der Waals surface area contributed by atoms with Crippen molar-refractivity contribution in [3.63, 3.8) is 0 Å². The predicted molar refractivity (Wildman–Crippen MR) is 168 cm³/mol. The lowest BCUT2D eigenvalue weighted by Gasteiger charge is -2.32. The molecule has 2 heterocycles. The normalized spacial score (nSPS) is 15.0. The highest BCUT2D eigenvalue weighted by molar-refractivity contribution is 8.14. The fourth-order valence-electron chi connectivity index (χ4n) is 5.08. The highest BCUT2D eigenvalue weighted by Gasteiger charge is 2.31. The first-order valence-electron chi connectivity index (χ1n) is 13.9. The van der Waals surface area contributed by atoms with Gasteiger partial charge in [0.25, 0.3) is 0 Å². The average molecular weight is 621 g/mol. The molecular formula is C32H31F3N6O2S. The van der Waals surface area contributed by atoms with Crippen LogP contribution in [0.1, 0.15) is 35.6 Å². The minimum absolute atomic E-state index is 0.314. The van der Waals surface area contributed by atoms with Crippen molar-refractivity contribution >= 4 is 34.7 Å². The molecule has 3 aromatic carbocycles. The Hall–Kier alpha value is -4.58. The zero-order valence-corrected chi connectivity index (χ0v) is 25.5. The summed E-state index contributed by atoms with van der Waals surface area (Å²) in [6.07, 6.45) is -0.412. The Morgan fingerprint density at radius 1 is 1.05 bits per heavy atom. The SMILES string of the molecule is C/C(=C\c1ccc(-c2ncn(-c3ccc(OC(F)(F)F)cc3)n2)cc1)NC(=O)/N=C1\SCCCN1c1c(C)cc(C)cc1C. The summed E-state index contributed by atoms with van der Waals surface area (Å²) in [6, 6.07) is 16.7. The number of alkyl halides is 3. The standard InChI is InChI=1S/C32H31F3N6O2S/c1-20-16-21(2)28(22(3)17-20)40-14-5-15-44-31(40)38-30(42)37-23(4)18-24-6-8-25(9-7-24)29-36-19-41(39-29)26-10-12-27(13-11-26)43-32(33,34)35/h6-13,16-19H,5,14-15H2,1-4H3,(H,37,42)/b23-18+,38-31-. The fraction of sp³-hybridized carbons (Fsp3) is 0.250. The second-order valence-corrected chi connectivity index (χ2v) is 11.5.